The highest BCUT2D eigenvalue weighted by Crippen LogP contribution is 2.27. The van der Waals surface area contributed by atoms with Gasteiger partial charge in [0, 0.05) is 44.3 Å². The number of oxazole rings is 1. The van der Waals surface area contributed by atoms with E-state index in [2.05, 4.69) is 46.2 Å². The number of aromatic nitrogens is 1. The fourth-order valence-electron chi connectivity index (χ4n) is 4.70. The first-order valence-electron chi connectivity index (χ1n) is 11.3. The smallest absolute Gasteiger partial charge is 0.226 e. The van der Waals surface area contributed by atoms with E-state index >= 15 is 0 Å². The Hall–Kier alpha value is -2.48. The number of piperazine rings is 1. The van der Waals surface area contributed by atoms with Gasteiger partial charge in [-0.3, -0.25) is 9.80 Å². The number of nitrogens with zero attached hydrogens (tertiary/aromatic N) is 3. The fourth-order valence-corrected chi connectivity index (χ4v) is 6.46. The van der Waals surface area contributed by atoms with Crippen LogP contribution in [0, 0.1) is 6.92 Å². The van der Waals surface area contributed by atoms with Gasteiger partial charge in [0.25, 0.3) is 0 Å². The second kappa shape index (κ2) is 8.81. The van der Waals surface area contributed by atoms with Gasteiger partial charge in [-0.25, -0.2) is 13.4 Å². The molecular weight excluding hydrogens is 422 g/mol. The van der Waals surface area contributed by atoms with E-state index in [-0.39, 0.29) is 6.04 Å². The summed E-state index contributed by atoms with van der Waals surface area (Å²) >= 11 is 0. The molecule has 2 fully saturated rings. The molecule has 1 atom stereocenters. The monoisotopic (exact) mass is 451 g/mol. The quantitative estimate of drug-likeness (QED) is 0.590. The molecule has 0 bridgehead atoms. The fraction of sp³-hybridized carbons (Fsp3) is 0.400. The third-order valence-electron chi connectivity index (χ3n) is 6.64. The van der Waals surface area contributed by atoms with Crippen molar-refractivity contribution in [3.63, 3.8) is 0 Å². The number of benzene rings is 2. The van der Waals surface area contributed by atoms with Crippen molar-refractivity contribution in [1.29, 1.82) is 0 Å². The van der Waals surface area contributed by atoms with Gasteiger partial charge in [0.05, 0.1) is 17.2 Å². The first-order valence-corrected chi connectivity index (χ1v) is 13.1. The number of aryl methyl sites for hydroxylation is 1. The van der Waals surface area contributed by atoms with Crippen molar-refractivity contribution in [2.45, 2.75) is 25.9 Å². The summed E-state index contributed by atoms with van der Waals surface area (Å²) in [6.45, 7) is 6.39. The molecule has 0 radical (unpaired) electrons. The highest BCUT2D eigenvalue weighted by atomic mass is 32.2. The van der Waals surface area contributed by atoms with Crippen molar-refractivity contribution in [3.8, 4) is 22.6 Å². The summed E-state index contributed by atoms with van der Waals surface area (Å²) in [6, 6.07) is 18.8. The number of sulfone groups is 1. The maximum atomic E-state index is 11.8. The van der Waals surface area contributed by atoms with Gasteiger partial charge in [-0.15, -0.1) is 0 Å². The van der Waals surface area contributed by atoms with Crippen molar-refractivity contribution >= 4 is 9.84 Å². The Morgan fingerprint density at radius 3 is 2.25 bits per heavy atom. The van der Waals surface area contributed by atoms with E-state index in [1.54, 1.807) is 0 Å². The Balaban J connectivity index is 1.21. The van der Waals surface area contributed by atoms with E-state index in [0.717, 1.165) is 56.2 Å². The van der Waals surface area contributed by atoms with Crippen LogP contribution < -0.4 is 0 Å². The second-order valence-corrected chi connectivity index (χ2v) is 11.1. The second-order valence-electron chi connectivity index (χ2n) is 8.83. The first-order chi connectivity index (χ1) is 15.5. The molecule has 0 N–H and O–H groups in total. The Bertz CT molecular complexity index is 1160. The predicted octanol–water partition coefficient (Wildman–Crippen LogP) is 3.62. The summed E-state index contributed by atoms with van der Waals surface area (Å²) < 4.78 is 29.6. The van der Waals surface area contributed by atoms with E-state index in [4.69, 9.17) is 9.40 Å². The maximum absolute atomic E-state index is 11.8. The van der Waals surface area contributed by atoms with Gasteiger partial charge < -0.3 is 4.42 Å². The standard InChI is InChI=1S/C25H29N3O3S/c1-19-24(17-27-12-14-28(15-13-27)23-11-16-32(29,30)18-23)26-25(31-19)22-9-7-21(8-10-22)20-5-3-2-4-6-20/h2-10,23H,11-18H2,1H3/t23-/m1/s1. The van der Waals surface area contributed by atoms with Crippen LogP contribution in [0.5, 0.6) is 0 Å². The summed E-state index contributed by atoms with van der Waals surface area (Å²) in [5, 5.41) is 0. The molecule has 6 nitrogen and oxygen atoms in total. The van der Waals surface area contributed by atoms with Crippen LogP contribution in [0.2, 0.25) is 0 Å². The molecule has 1 aromatic heterocycles. The highest BCUT2D eigenvalue weighted by Gasteiger charge is 2.33. The molecule has 0 amide bonds. The minimum atomic E-state index is -2.83. The van der Waals surface area contributed by atoms with Crippen LogP contribution in [-0.2, 0) is 16.4 Å². The van der Waals surface area contributed by atoms with Crippen LogP contribution in [0.3, 0.4) is 0 Å². The molecule has 2 aliphatic heterocycles. The molecule has 0 spiro atoms. The topological polar surface area (TPSA) is 66.7 Å². The van der Waals surface area contributed by atoms with Crippen LogP contribution >= 0.6 is 0 Å². The minimum absolute atomic E-state index is 0.196. The Kier molecular flexibility index (Phi) is 5.88. The van der Waals surface area contributed by atoms with Crippen LogP contribution in [0.15, 0.2) is 59.0 Å². The van der Waals surface area contributed by atoms with Gasteiger partial charge in [0.15, 0.2) is 9.84 Å². The average Bonchev–Trinajstić information content (AvgIpc) is 3.36. The summed E-state index contributed by atoms with van der Waals surface area (Å²) in [5.41, 5.74) is 4.32. The van der Waals surface area contributed by atoms with Gasteiger partial charge in [0.1, 0.15) is 5.76 Å². The molecule has 7 heteroatoms. The van der Waals surface area contributed by atoms with Crippen molar-refractivity contribution < 1.29 is 12.8 Å². The Morgan fingerprint density at radius 1 is 0.938 bits per heavy atom. The molecule has 2 aliphatic rings. The summed E-state index contributed by atoms with van der Waals surface area (Å²) in [7, 11) is -2.83. The molecule has 2 aromatic carbocycles. The highest BCUT2D eigenvalue weighted by molar-refractivity contribution is 7.91. The van der Waals surface area contributed by atoms with Crippen molar-refractivity contribution in [3.05, 3.63) is 66.1 Å². The molecule has 0 unspecified atom stereocenters. The van der Waals surface area contributed by atoms with E-state index in [1.165, 1.54) is 11.1 Å². The summed E-state index contributed by atoms with van der Waals surface area (Å²) in [6.07, 6.45) is 0.775. The van der Waals surface area contributed by atoms with E-state index in [1.807, 2.05) is 25.1 Å². The maximum Gasteiger partial charge on any atom is 0.226 e. The van der Waals surface area contributed by atoms with Gasteiger partial charge >= 0.3 is 0 Å². The van der Waals surface area contributed by atoms with Crippen LogP contribution in [0.25, 0.3) is 22.6 Å². The average molecular weight is 452 g/mol. The normalized spacial score (nSPS) is 21.7. The molecule has 0 saturated carbocycles. The van der Waals surface area contributed by atoms with E-state index < -0.39 is 9.84 Å². The molecule has 32 heavy (non-hydrogen) atoms. The summed E-state index contributed by atoms with van der Waals surface area (Å²) in [5.74, 6) is 2.18. The molecular formula is C25H29N3O3S. The van der Waals surface area contributed by atoms with Crippen molar-refractivity contribution in [2.24, 2.45) is 0 Å². The lowest BCUT2D eigenvalue weighted by molar-refractivity contribution is 0.0990. The third kappa shape index (κ3) is 4.65. The van der Waals surface area contributed by atoms with Gasteiger partial charge in [-0.1, -0.05) is 42.5 Å². The SMILES string of the molecule is Cc1oc(-c2ccc(-c3ccccc3)cc2)nc1CN1CCN([C@@H]2CCS(=O)(=O)C2)CC1. The zero-order valence-electron chi connectivity index (χ0n) is 18.4. The van der Waals surface area contributed by atoms with Crippen molar-refractivity contribution in [1.82, 2.24) is 14.8 Å². The zero-order valence-corrected chi connectivity index (χ0v) is 19.2. The molecule has 168 valence electrons. The van der Waals surface area contributed by atoms with Crippen LogP contribution in [0.1, 0.15) is 17.9 Å². The molecule has 3 heterocycles. The lowest BCUT2D eigenvalue weighted by Gasteiger charge is -2.37. The summed E-state index contributed by atoms with van der Waals surface area (Å²) in [4.78, 5) is 9.52. The van der Waals surface area contributed by atoms with Gasteiger partial charge in [-0.2, -0.15) is 0 Å². The molecule has 2 saturated heterocycles. The van der Waals surface area contributed by atoms with Crippen molar-refractivity contribution in [2.75, 3.05) is 37.7 Å². The number of hydrogen-bond donors (Lipinski definition) is 0. The molecule has 5 rings (SSSR count). The first kappa shape index (κ1) is 21.4. The number of rotatable bonds is 5. The molecule has 3 aromatic rings. The van der Waals surface area contributed by atoms with Gasteiger partial charge in [-0.05, 0) is 36.6 Å². The van der Waals surface area contributed by atoms with Crippen LogP contribution in [0.4, 0.5) is 0 Å². The minimum Gasteiger partial charge on any atom is -0.441 e. The van der Waals surface area contributed by atoms with E-state index in [9.17, 15) is 8.42 Å². The largest absolute Gasteiger partial charge is 0.441 e. The zero-order chi connectivity index (χ0) is 22.1. The Morgan fingerprint density at radius 2 is 1.59 bits per heavy atom. The molecule has 0 aliphatic carbocycles. The lowest BCUT2D eigenvalue weighted by Crippen LogP contribution is -2.50. The van der Waals surface area contributed by atoms with Gasteiger partial charge in [0.2, 0.25) is 5.89 Å². The lowest BCUT2D eigenvalue weighted by atomic mass is 10.0. The number of hydrogen-bond acceptors (Lipinski definition) is 6. The Labute approximate surface area is 189 Å². The predicted molar refractivity (Wildman–Crippen MR) is 126 cm³/mol. The van der Waals surface area contributed by atoms with Crippen LogP contribution in [-0.4, -0.2) is 66.9 Å². The third-order valence-corrected chi connectivity index (χ3v) is 8.39. The van der Waals surface area contributed by atoms with E-state index in [0.29, 0.717) is 17.4 Å².